The number of benzene rings is 1. The fourth-order valence-corrected chi connectivity index (χ4v) is 3.89. The number of amides is 1. The molecule has 0 spiro atoms. The number of carbonyl (C=O) groups excluding carboxylic acids is 1. The van der Waals surface area contributed by atoms with Gasteiger partial charge in [-0.1, -0.05) is 23.2 Å². The van der Waals surface area contributed by atoms with E-state index in [4.69, 9.17) is 32.9 Å². The van der Waals surface area contributed by atoms with Gasteiger partial charge in [-0.05, 0) is 24.3 Å². The summed E-state index contributed by atoms with van der Waals surface area (Å²) in [5.74, 6) is 1.54. The molecule has 0 unspecified atom stereocenters. The summed E-state index contributed by atoms with van der Waals surface area (Å²) in [4.78, 5) is 28.0. The second kappa shape index (κ2) is 8.51. The number of anilines is 2. The van der Waals surface area contributed by atoms with E-state index in [1.165, 1.54) is 0 Å². The molecule has 2 aliphatic rings. The number of hydrogen-bond acceptors (Lipinski definition) is 6. The van der Waals surface area contributed by atoms with Crippen LogP contribution in [0.5, 0.6) is 0 Å². The maximum atomic E-state index is 12.8. The molecule has 0 saturated carbocycles. The molecule has 0 bridgehead atoms. The first-order chi connectivity index (χ1) is 13.6. The minimum Gasteiger partial charge on any atom is -0.378 e. The Kier molecular flexibility index (Phi) is 5.85. The highest BCUT2D eigenvalue weighted by Crippen LogP contribution is 2.24. The summed E-state index contributed by atoms with van der Waals surface area (Å²) in [5, 5.41) is 0.900. The molecule has 0 aliphatic carbocycles. The summed E-state index contributed by atoms with van der Waals surface area (Å²) in [6.45, 7) is 5.61. The zero-order valence-electron chi connectivity index (χ0n) is 15.4. The molecule has 0 atom stereocenters. The van der Waals surface area contributed by atoms with Crippen LogP contribution >= 0.6 is 23.2 Å². The number of ether oxygens (including phenoxy) is 1. The molecule has 9 heteroatoms. The maximum Gasteiger partial charge on any atom is 0.255 e. The molecule has 2 aliphatic heterocycles. The molecule has 1 aromatic heterocycles. The zero-order chi connectivity index (χ0) is 19.5. The second-order valence-electron chi connectivity index (χ2n) is 6.72. The SMILES string of the molecule is O=C(c1ccc(Cl)cc1Cl)N1CCN(c2ccnc(N3CCOCC3)n2)CC1. The predicted octanol–water partition coefficient (Wildman–Crippen LogP) is 2.58. The largest absolute Gasteiger partial charge is 0.378 e. The number of rotatable bonds is 3. The summed E-state index contributed by atoms with van der Waals surface area (Å²) < 4.78 is 5.39. The molecule has 0 radical (unpaired) electrons. The van der Waals surface area contributed by atoms with Crippen molar-refractivity contribution >= 4 is 40.9 Å². The fourth-order valence-electron chi connectivity index (χ4n) is 3.40. The van der Waals surface area contributed by atoms with Crippen LogP contribution in [0.15, 0.2) is 30.5 Å². The second-order valence-corrected chi connectivity index (χ2v) is 7.56. The van der Waals surface area contributed by atoms with Gasteiger partial charge in [0.1, 0.15) is 5.82 Å². The standard InChI is InChI=1S/C19H21Cl2N5O2/c20-14-1-2-15(16(21)13-14)18(27)25-7-5-24(6-8-25)17-3-4-22-19(23-17)26-9-11-28-12-10-26/h1-4,13H,5-12H2. The van der Waals surface area contributed by atoms with Crippen LogP contribution in [-0.4, -0.2) is 73.3 Å². The zero-order valence-corrected chi connectivity index (χ0v) is 16.9. The van der Waals surface area contributed by atoms with E-state index in [0.717, 1.165) is 24.9 Å². The Morgan fingerprint density at radius 2 is 1.71 bits per heavy atom. The van der Waals surface area contributed by atoms with Gasteiger partial charge in [-0.25, -0.2) is 4.98 Å². The lowest BCUT2D eigenvalue weighted by Gasteiger charge is -2.36. The number of nitrogens with zero attached hydrogens (tertiary/aromatic N) is 5. The van der Waals surface area contributed by atoms with Crippen molar-refractivity contribution in [1.29, 1.82) is 0 Å². The first-order valence-electron chi connectivity index (χ1n) is 9.27. The average Bonchev–Trinajstić information content (AvgIpc) is 2.74. The van der Waals surface area contributed by atoms with Gasteiger partial charge in [0.05, 0.1) is 23.8 Å². The number of piperazine rings is 1. The number of halogens is 2. The van der Waals surface area contributed by atoms with Gasteiger partial charge in [0.2, 0.25) is 5.95 Å². The lowest BCUT2D eigenvalue weighted by molar-refractivity contribution is 0.0746. The minimum atomic E-state index is -0.0713. The van der Waals surface area contributed by atoms with Gasteiger partial charge in [0.25, 0.3) is 5.91 Å². The molecular formula is C19H21Cl2N5O2. The third-order valence-electron chi connectivity index (χ3n) is 4.97. The van der Waals surface area contributed by atoms with E-state index in [0.29, 0.717) is 55.0 Å². The van der Waals surface area contributed by atoms with Crippen LogP contribution in [0.2, 0.25) is 10.0 Å². The molecule has 2 aromatic rings. The van der Waals surface area contributed by atoms with Crippen LogP contribution in [0.1, 0.15) is 10.4 Å². The fraction of sp³-hybridized carbons (Fsp3) is 0.421. The van der Waals surface area contributed by atoms with Gasteiger partial charge >= 0.3 is 0 Å². The van der Waals surface area contributed by atoms with Crippen molar-refractivity contribution in [3.8, 4) is 0 Å². The van der Waals surface area contributed by atoms with E-state index in [2.05, 4.69) is 14.8 Å². The van der Waals surface area contributed by atoms with Crippen molar-refractivity contribution in [1.82, 2.24) is 14.9 Å². The van der Waals surface area contributed by atoms with E-state index < -0.39 is 0 Å². The normalized spacial score (nSPS) is 17.7. The number of aromatic nitrogens is 2. The Hall–Kier alpha value is -2.09. The van der Waals surface area contributed by atoms with Gasteiger partial charge in [0, 0.05) is 50.5 Å². The summed E-state index contributed by atoms with van der Waals surface area (Å²) in [6.07, 6.45) is 1.79. The van der Waals surface area contributed by atoms with E-state index in [-0.39, 0.29) is 5.91 Å². The highest BCUT2D eigenvalue weighted by Gasteiger charge is 2.25. The van der Waals surface area contributed by atoms with E-state index in [9.17, 15) is 4.79 Å². The molecule has 1 amide bonds. The monoisotopic (exact) mass is 421 g/mol. The molecule has 2 fully saturated rings. The summed E-state index contributed by atoms with van der Waals surface area (Å²) in [5.41, 5.74) is 0.483. The Bertz CT molecular complexity index is 852. The molecule has 28 heavy (non-hydrogen) atoms. The molecule has 1 aromatic carbocycles. The summed E-state index contributed by atoms with van der Waals surface area (Å²) in [7, 11) is 0. The van der Waals surface area contributed by atoms with Crippen molar-refractivity contribution in [2.75, 3.05) is 62.3 Å². The third kappa shape index (κ3) is 4.16. The molecule has 2 saturated heterocycles. The van der Waals surface area contributed by atoms with E-state index >= 15 is 0 Å². The van der Waals surface area contributed by atoms with Crippen molar-refractivity contribution < 1.29 is 9.53 Å². The van der Waals surface area contributed by atoms with E-state index in [1.807, 2.05) is 11.0 Å². The van der Waals surface area contributed by atoms with Gasteiger partial charge in [0.15, 0.2) is 0 Å². The lowest BCUT2D eigenvalue weighted by Crippen LogP contribution is -2.49. The Labute approximate surface area is 173 Å². The van der Waals surface area contributed by atoms with Crippen molar-refractivity contribution in [3.63, 3.8) is 0 Å². The first kappa shape index (κ1) is 19.2. The molecular weight excluding hydrogens is 401 g/mol. The third-order valence-corrected chi connectivity index (χ3v) is 5.52. The molecule has 7 nitrogen and oxygen atoms in total. The molecule has 148 valence electrons. The smallest absolute Gasteiger partial charge is 0.255 e. The van der Waals surface area contributed by atoms with E-state index in [1.54, 1.807) is 24.4 Å². The van der Waals surface area contributed by atoms with Crippen LogP contribution in [-0.2, 0) is 4.74 Å². The van der Waals surface area contributed by atoms with Crippen LogP contribution in [0.3, 0.4) is 0 Å². The Balaban J connectivity index is 1.40. The Morgan fingerprint density at radius 3 is 2.43 bits per heavy atom. The summed E-state index contributed by atoms with van der Waals surface area (Å²) >= 11 is 12.1. The molecule has 3 heterocycles. The minimum absolute atomic E-state index is 0.0713. The maximum absolute atomic E-state index is 12.8. The van der Waals surface area contributed by atoms with Crippen LogP contribution in [0, 0.1) is 0 Å². The van der Waals surface area contributed by atoms with Crippen molar-refractivity contribution in [3.05, 3.63) is 46.1 Å². The predicted molar refractivity (Wildman–Crippen MR) is 110 cm³/mol. The van der Waals surface area contributed by atoms with Crippen LogP contribution in [0.4, 0.5) is 11.8 Å². The number of hydrogen-bond donors (Lipinski definition) is 0. The molecule has 4 rings (SSSR count). The highest BCUT2D eigenvalue weighted by molar-refractivity contribution is 6.36. The number of carbonyl (C=O) groups is 1. The summed E-state index contributed by atoms with van der Waals surface area (Å²) in [6, 6.07) is 6.88. The average molecular weight is 422 g/mol. The first-order valence-corrected chi connectivity index (χ1v) is 10.0. The van der Waals surface area contributed by atoms with Crippen molar-refractivity contribution in [2.45, 2.75) is 0 Å². The van der Waals surface area contributed by atoms with Gasteiger partial charge < -0.3 is 19.4 Å². The number of morpholine rings is 1. The van der Waals surface area contributed by atoms with Gasteiger partial charge in [-0.2, -0.15) is 4.98 Å². The van der Waals surface area contributed by atoms with Crippen molar-refractivity contribution in [2.24, 2.45) is 0 Å². The lowest BCUT2D eigenvalue weighted by atomic mass is 10.2. The van der Waals surface area contributed by atoms with Gasteiger partial charge in [-0.15, -0.1) is 0 Å². The van der Waals surface area contributed by atoms with Crippen LogP contribution < -0.4 is 9.80 Å². The van der Waals surface area contributed by atoms with Crippen LogP contribution in [0.25, 0.3) is 0 Å². The quantitative estimate of drug-likeness (QED) is 0.758. The topological polar surface area (TPSA) is 61.8 Å². The van der Waals surface area contributed by atoms with Gasteiger partial charge in [-0.3, -0.25) is 4.79 Å². The molecule has 0 N–H and O–H groups in total. The highest BCUT2D eigenvalue weighted by atomic mass is 35.5. The Morgan fingerprint density at radius 1 is 0.964 bits per heavy atom.